The van der Waals surface area contributed by atoms with Crippen LogP contribution in [-0.2, 0) is 24.8 Å². The first-order valence-corrected chi connectivity index (χ1v) is 16.8. The number of hydrogen-bond acceptors (Lipinski definition) is 7. The molecule has 4 aromatic carbocycles. The number of amides is 1. The van der Waals surface area contributed by atoms with Crippen LogP contribution in [0, 0.1) is 0 Å². The number of rotatable bonds is 8. The molecular formula is C32H31N3O7S2. The minimum absolute atomic E-state index is 0.0189. The number of benzene rings is 4. The van der Waals surface area contributed by atoms with Gasteiger partial charge < -0.3 is 14.8 Å². The fourth-order valence-corrected chi connectivity index (χ4v) is 9.40. The number of ether oxygens (including phenoxy) is 2. The van der Waals surface area contributed by atoms with Crippen LogP contribution in [0.5, 0.6) is 5.75 Å². The molecule has 1 N–H and O–H groups in total. The maximum atomic E-state index is 14.4. The van der Waals surface area contributed by atoms with Crippen LogP contribution in [-0.4, -0.2) is 60.1 Å². The fourth-order valence-electron chi connectivity index (χ4n) is 6.09. The molecule has 1 amide bonds. The molecule has 2 unspecified atom stereocenters. The Hall–Kier alpha value is -4.23. The Bertz CT molecular complexity index is 1910. The highest BCUT2D eigenvalue weighted by atomic mass is 32.2. The number of nitrogens with zero attached hydrogens (tertiary/aromatic N) is 2. The van der Waals surface area contributed by atoms with Gasteiger partial charge in [-0.3, -0.25) is 4.79 Å². The molecule has 0 aromatic heterocycles. The average Bonchev–Trinajstić information content (AvgIpc) is 3.35. The van der Waals surface area contributed by atoms with Crippen LogP contribution in [0.3, 0.4) is 0 Å². The van der Waals surface area contributed by atoms with Crippen LogP contribution < -0.4 is 14.4 Å². The Kier molecular flexibility index (Phi) is 7.70. The average molecular weight is 634 g/mol. The standard InChI is InChI=1S/C32H31N3O7S2/c1-41-30-21-29-26(20-28(30)33-31(36)23-12-6-3-7-13-23)27-22-34(43(37,38)24-14-8-4-9-15-24)19-18-32(27,42-2)35(29)44(39,40)25-16-10-5-11-17-25/h3-17,20-21,27H,18-19,22H2,1-2H3,(H,33,36). The Labute approximate surface area is 256 Å². The summed E-state index contributed by atoms with van der Waals surface area (Å²) in [5.74, 6) is -0.892. The monoisotopic (exact) mass is 633 g/mol. The number of methoxy groups -OCH3 is 2. The first-order valence-electron chi connectivity index (χ1n) is 13.9. The minimum atomic E-state index is -4.20. The fraction of sp³-hybridized carbons (Fsp3) is 0.219. The van der Waals surface area contributed by atoms with E-state index in [0.717, 1.165) is 0 Å². The van der Waals surface area contributed by atoms with Crippen molar-refractivity contribution in [2.45, 2.75) is 27.9 Å². The van der Waals surface area contributed by atoms with Gasteiger partial charge in [-0.25, -0.2) is 21.1 Å². The Morgan fingerprint density at radius 3 is 1.95 bits per heavy atom. The number of carbonyl (C=O) groups is 1. The maximum absolute atomic E-state index is 14.4. The second kappa shape index (κ2) is 11.4. The molecule has 0 aliphatic carbocycles. The number of hydrogen-bond donors (Lipinski definition) is 1. The van der Waals surface area contributed by atoms with Gasteiger partial charge in [0.1, 0.15) is 5.75 Å². The van der Waals surface area contributed by atoms with E-state index in [0.29, 0.717) is 16.8 Å². The zero-order valence-corrected chi connectivity index (χ0v) is 25.7. The molecule has 0 spiro atoms. The molecule has 44 heavy (non-hydrogen) atoms. The Morgan fingerprint density at radius 2 is 1.39 bits per heavy atom. The summed E-state index contributed by atoms with van der Waals surface area (Å²) in [6, 6.07) is 28.0. The molecule has 0 radical (unpaired) electrons. The molecule has 2 heterocycles. The first-order chi connectivity index (χ1) is 21.1. The zero-order chi connectivity index (χ0) is 31.1. The van der Waals surface area contributed by atoms with E-state index in [4.69, 9.17) is 9.47 Å². The van der Waals surface area contributed by atoms with Crippen LogP contribution in [0.2, 0.25) is 0 Å². The molecule has 2 aliphatic rings. The number of anilines is 2. The third-order valence-electron chi connectivity index (χ3n) is 8.24. The molecule has 0 bridgehead atoms. The zero-order valence-electron chi connectivity index (χ0n) is 24.1. The van der Waals surface area contributed by atoms with Gasteiger partial charge in [0.2, 0.25) is 10.0 Å². The highest BCUT2D eigenvalue weighted by molar-refractivity contribution is 7.93. The predicted octanol–water partition coefficient (Wildman–Crippen LogP) is 4.68. The number of carbonyl (C=O) groups excluding carboxylic acids is 1. The topological polar surface area (TPSA) is 122 Å². The summed E-state index contributed by atoms with van der Waals surface area (Å²) >= 11 is 0. The van der Waals surface area contributed by atoms with Crippen molar-refractivity contribution in [1.29, 1.82) is 0 Å². The van der Waals surface area contributed by atoms with Crippen molar-refractivity contribution in [3.63, 3.8) is 0 Å². The largest absolute Gasteiger partial charge is 0.494 e. The van der Waals surface area contributed by atoms with E-state index in [1.807, 2.05) is 0 Å². The molecule has 2 aliphatic heterocycles. The van der Waals surface area contributed by atoms with Gasteiger partial charge >= 0.3 is 0 Å². The van der Waals surface area contributed by atoms with Crippen molar-refractivity contribution in [1.82, 2.24) is 4.31 Å². The molecule has 228 valence electrons. The molecule has 4 aromatic rings. The van der Waals surface area contributed by atoms with Gasteiger partial charge in [0.05, 0.1) is 28.3 Å². The van der Waals surface area contributed by atoms with E-state index in [-0.39, 0.29) is 46.6 Å². The van der Waals surface area contributed by atoms with Crippen molar-refractivity contribution >= 4 is 37.3 Å². The summed E-state index contributed by atoms with van der Waals surface area (Å²) in [4.78, 5) is 13.3. The number of piperidine rings is 1. The van der Waals surface area contributed by atoms with E-state index >= 15 is 0 Å². The Balaban J connectivity index is 1.51. The SMILES string of the molecule is COc1cc2c(cc1NC(=O)c1ccccc1)C1CN(S(=O)(=O)c3ccccc3)CCC1(OC)N2S(=O)(=O)c1ccccc1. The lowest BCUT2D eigenvalue weighted by Crippen LogP contribution is -2.60. The van der Waals surface area contributed by atoms with E-state index < -0.39 is 31.7 Å². The number of sulfonamides is 2. The number of nitrogens with one attached hydrogen (secondary N) is 1. The molecular weight excluding hydrogens is 603 g/mol. The van der Waals surface area contributed by atoms with E-state index in [9.17, 15) is 21.6 Å². The van der Waals surface area contributed by atoms with Gasteiger partial charge in [0.15, 0.2) is 5.72 Å². The number of fused-ring (bicyclic) bond motifs is 3. The second-order valence-corrected chi connectivity index (χ2v) is 14.3. The quantitative estimate of drug-likeness (QED) is 0.299. The lowest BCUT2D eigenvalue weighted by atomic mass is 9.86. The van der Waals surface area contributed by atoms with Gasteiger partial charge in [-0.05, 0) is 48.0 Å². The lowest BCUT2D eigenvalue weighted by molar-refractivity contribution is -0.0452. The van der Waals surface area contributed by atoms with E-state index in [2.05, 4.69) is 5.32 Å². The van der Waals surface area contributed by atoms with Crippen LogP contribution in [0.4, 0.5) is 11.4 Å². The smallest absolute Gasteiger partial charge is 0.266 e. The summed E-state index contributed by atoms with van der Waals surface area (Å²) < 4.78 is 70.6. The summed E-state index contributed by atoms with van der Waals surface area (Å²) in [5.41, 5.74) is 0.0736. The molecule has 2 atom stereocenters. The van der Waals surface area contributed by atoms with E-state index in [1.165, 1.54) is 47.1 Å². The van der Waals surface area contributed by atoms with Crippen molar-refractivity contribution < 1.29 is 31.1 Å². The minimum Gasteiger partial charge on any atom is -0.494 e. The molecule has 1 fully saturated rings. The summed E-state index contributed by atoms with van der Waals surface area (Å²) in [6.45, 7) is -0.0393. The molecule has 6 rings (SSSR count). The first kappa shape index (κ1) is 29.8. The second-order valence-electron chi connectivity index (χ2n) is 10.5. The van der Waals surface area contributed by atoms with Crippen molar-refractivity contribution in [2.75, 3.05) is 36.9 Å². The lowest BCUT2D eigenvalue weighted by Gasteiger charge is -2.46. The van der Waals surface area contributed by atoms with Crippen molar-refractivity contribution in [3.05, 3.63) is 114 Å². The summed E-state index contributed by atoms with van der Waals surface area (Å²) in [5, 5.41) is 2.88. The normalized spacial score (nSPS) is 20.0. The van der Waals surface area contributed by atoms with Crippen molar-refractivity contribution in [2.24, 2.45) is 0 Å². The predicted molar refractivity (Wildman–Crippen MR) is 166 cm³/mol. The molecule has 12 heteroatoms. The van der Waals surface area contributed by atoms with Crippen LogP contribution in [0.15, 0.2) is 113 Å². The van der Waals surface area contributed by atoms with Gasteiger partial charge in [0.25, 0.3) is 15.9 Å². The summed E-state index contributed by atoms with van der Waals surface area (Å²) in [6.07, 6.45) is 0.0506. The van der Waals surface area contributed by atoms with Gasteiger partial charge in [-0.15, -0.1) is 0 Å². The van der Waals surface area contributed by atoms with E-state index in [1.54, 1.807) is 78.9 Å². The highest BCUT2D eigenvalue weighted by Gasteiger charge is 2.60. The summed E-state index contributed by atoms with van der Waals surface area (Å²) in [7, 11) is -5.25. The Morgan fingerprint density at radius 1 is 0.818 bits per heavy atom. The third-order valence-corrected chi connectivity index (χ3v) is 12.0. The van der Waals surface area contributed by atoms with Crippen LogP contribution in [0.1, 0.15) is 28.3 Å². The van der Waals surface area contributed by atoms with Crippen LogP contribution >= 0.6 is 0 Å². The molecule has 10 nitrogen and oxygen atoms in total. The van der Waals surface area contributed by atoms with Gasteiger partial charge in [-0.1, -0.05) is 54.6 Å². The maximum Gasteiger partial charge on any atom is 0.266 e. The molecule has 0 saturated carbocycles. The third kappa shape index (κ3) is 4.84. The molecule has 1 saturated heterocycles. The van der Waals surface area contributed by atoms with Gasteiger partial charge in [-0.2, -0.15) is 4.31 Å². The highest BCUT2D eigenvalue weighted by Crippen LogP contribution is 2.56. The van der Waals surface area contributed by atoms with Gasteiger partial charge in [0, 0.05) is 44.2 Å². The van der Waals surface area contributed by atoms with Crippen molar-refractivity contribution in [3.8, 4) is 5.75 Å². The van der Waals surface area contributed by atoms with Crippen LogP contribution in [0.25, 0.3) is 0 Å².